The Morgan fingerprint density at radius 1 is 1.01 bits per heavy atom. The summed E-state index contributed by atoms with van der Waals surface area (Å²) in [5.74, 6) is -1.15. The number of benzene rings is 1. The SMILES string of the molecule is CO[C@@H](C)c1ncc(N2CCN(C3CC3)CC2)cc1-c1c2c3cc(ccc3n1CCOC1CCOCC1)-c1csc(n1)[C@@H](OC[C@@H](C)F)[C@H](NC(=O)C13CC(C1)[C@H](C)O3)C(=O)N1N[C@H](C(=O)OCC(C)(C)C2)C2CC1C2. The molecule has 0 unspecified atom stereocenters. The second kappa shape index (κ2) is 20.9. The Balaban J connectivity index is 0.998. The smallest absolute Gasteiger partial charge is 0.325 e. The average Bonchev–Trinajstić information content (AvgIpc) is 3.79. The molecule has 2 amide bonds. The van der Waals surface area contributed by atoms with E-state index in [1.165, 1.54) is 36.1 Å². The number of carbonyl (C=O) groups excluding carboxylic acids is 3. The summed E-state index contributed by atoms with van der Waals surface area (Å²) in [4.78, 5) is 59.7. The number of ether oxygens (including phenoxy) is 6. The molecule has 410 valence electrons. The predicted octanol–water partition coefficient (Wildman–Crippen LogP) is 7.10. The van der Waals surface area contributed by atoms with Gasteiger partial charge in [-0.15, -0.1) is 11.3 Å². The van der Waals surface area contributed by atoms with E-state index in [0.29, 0.717) is 75.2 Å². The number of rotatable bonds is 14. The minimum atomic E-state index is -1.38. The van der Waals surface area contributed by atoms with E-state index in [0.717, 1.165) is 83.7 Å². The van der Waals surface area contributed by atoms with Crippen molar-refractivity contribution in [3.63, 3.8) is 0 Å². The molecule has 19 heteroatoms. The number of hydrogen-bond acceptors (Lipinski definition) is 15. The van der Waals surface area contributed by atoms with Crippen LogP contribution in [-0.4, -0.2) is 157 Å². The zero-order valence-electron chi connectivity index (χ0n) is 44.9. The highest BCUT2D eigenvalue weighted by Crippen LogP contribution is 2.53. The molecular weight excluding hydrogens is 992 g/mol. The van der Waals surface area contributed by atoms with Crippen LogP contribution < -0.4 is 15.6 Å². The van der Waals surface area contributed by atoms with Gasteiger partial charge >= 0.3 is 5.97 Å². The summed E-state index contributed by atoms with van der Waals surface area (Å²) in [6.07, 6.45) is 6.15. The van der Waals surface area contributed by atoms with Gasteiger partial charge in [0.2, 0.25) is 0 Å². The van der Waals surface area contributed by atoms with Gasteiger partial charge in [-0.1, -0.05) is 19.9 Å². The fourth-order valence-corrected chi connectivity index (χ4v) is 14.0. The number of amides is 2. The molecule has 17 nitrogen and oxygen atoms in total. The van der Waals surface area contributed by atoms with E-state index in [2.05, 4.69) is 63.2 Å². The monoisotopic (exact) mass is 1070 g/mol. The maximum atomic E-state index is 15.2. The maximum absolute atomic E-state index is 15.2. The summed E-state index contributed by atoms with van der Waals surface area (Å²) < 4.78 is 54.8. The number of carbonyl (C=O) groups is 3. The first-order valence-corrected chi connectivity index (χ1v) is 28.9. The van der Waals surface area contributed by atoms with Crippen LogP contribution in [-0.2, 0) is 55.8 Å². The Bertz CT molecular complexity index is 2810. The number of hydrazine groups is 1. The molecule has 4 aromatic rings. The van der Waals surface area contributed by atoms with Crippen molar-refractivity contribution in [3.05, 3.63) is 52.1 Å². The van der Waals surface area contributed by atoms with Crippen LogP contribution in [0.2, 0.25) is 0 Å². The van der Waals surface area contributed by atoms with Crippen molar-refractivity contribution in [2.24, 2.45) is 17.3 Å². The molecule has 0 radical (unpaired) electrons. The van der Waals surface area contributed by atoms with E-state index >= 15 is 4.79 Å². The van der Waals surface area contributed by atoms with E-state index in [1.54, 1.807) is 7.11 Å². The van der Waals surface area contributed by atoms with E-state index in [9.17, 15) is 14.0 Å². The van der Waals surface area contributed by atoms with Crippen molar-refractivity contribution in [2.75, 3.05) is 71.2 Å². The number of anilines is 1. The van der Waals surface area contributed by atoms with Crippen molar-refractivity contribution in [3.8, 4) is 22.5 Å². The maximum Gasteiger partial charge on any atom is 0.325 e. The molecule has 10 bridgehead atoms. The largest absolute Gasteiger partial charge is 0.464 e. The number of thiazole rings is 1. The normalized spacial score (nSPS) is 30.6. The van der Waals surface area contributed by atoms with E-state index < -0.39 is 53.2 Å². The Labute approximate surface area is 448 Å². The third kappa shape index (κ3) is 9.98. The summed E-state index contributed by atoms with van der Waals surface area (Å²) in [5, 5.41) is 7.90. The molecule has 6 saturated heterocycles. The van der Waals surface area contributed by atoms with Gasteiger partial charge < -0.3 is 43.2 Å². The highest BCUT2D eigenvalue weighted by molar-refractivity contribution is 7.10. The van der Waals surface area contributed by atoms with Crippen molar-refractivity contribution < 1.29 is 47.2 Å². The lowest BCUT2D eigenvalue weighted by Gasteiger charge is -2.53. The number of esters is 1. The highest BCUT2D eigenvalue weighted by atomic mass is 32.1. The molecule has 3 aromatic heterocycles. The molecular formula is C57H75FN8O9S. The lowest BCUT2D eigenvalue weighted by Crippen LogP contribution is -2.72. The number of piperazine rings is 1. The summed E-state index contributed by atoms with van der Waals surface area (Å²) in [6, 6.07) is 7.05. The van der Waals surface area contributed by atoms with Crippen LogP contribution in [0.1, 0.15) is 114 Å². The highest BCUT2D eigenvalue weighted by Gasteiger charge is 2.62. The van der Waals surface area contributed by atoms with Crippen LogP contribution >= 0.6 is 11.3 Å². The van der Waals surface area contributed by atoms with Crippen LogP contribution in [0.15, 0.2) is 35.8 Å². The number of pyridine rings is 1. The second-order valence-electron chi connectivity index (χ2n) is 23.8. The zero-order chi connectivity index (χ0) is 52.6. The van der Waals surface area contributed by atoms with E-state index in [-0.39, 0.29) is 49.4 Å². The lowest BCUT2D eigenvalue weighted by atomic mass is 9.72. The second-order valence-corrected chi connectivity index (χ2v) is 24.7. The number of methoxy groups -OCH3 is 1. The fourth-order valence-electron chi connectivity index (χ4n) is 13.0. The molecule has 76 heavy (non-hydrogen) atoms. The van der Waals surface area contributed by atoms with Crippen molar-refractivity contribution in [1.29, 1.82) is 0 Å². The van der Waals surface area contributed by atoms with Crippen molar-refractivity contribution >= 4 is 45.7 Å². The Morgan fingerprint density at radius 3 is 2.50 bits per heavy atom. The van der Waals surface area contributed by atoms with Crippen LogP contribution in [0.25, 0.3) is 33.4 Å². The van der Waals surface area contributed by atoms with Gasteiger partial charge in [0.05, 0.1) is 67.1 Å². The number of hydrogen-bond donors (Lipinski definition) is 2. The van der Waals surface area contributed by atoms with Gasteiger partial charge in [-0.25, -0.2) is 14.8 Å². The first-order valence-electron chi connectivity index (χ1n) is 28.0. The third-order valence-electron chi connectivity index (χ3n) is 17.8. The first-order chi connectivity index (χ1) is 36.7. The number of nitrogens with one attached hydrogen (secondary N) is 2. The van der Waals surface area contributed by atoms with Gasteiger partial charge in [0, 0.05) is 98.0 Å². The van der Waals surface area contributed by atoms with Gasteiger partial charge in [-0.3, -0.25) is 29.3 Å². The van der Waals surface area contributed by atoms with Crippen LogP contribution in [0.4, 0.5) is 10.1 Å². The first kappa shape index (κ1) is 52.1. The van der Waals surface area contributed by atoms with Gasteiger partial charge in [-0.05, 0) is 114 Å². The average molecular weight is 1070 g/mol. The molecule has 1 aromatic carbocycles. The molecule has 10 heterocycles. The molecule has 6 atom stereocenters. The number of nitrogens with zero attached hydrogens (tertiary/aromatic N) is 6. The summed E-state index contributed by atoms with van der Waals surface area (Å²) in [6.45, 7) is 15.7. The van der Waals surface area contributed by atoms with Crippen molar-refractivity contribution in [2.45, 2.75) is 159 Å². The quantitative estimate of drug-likeness (QED) is 0.123. The molecule has 9 fully saturated rings. The minimum absolute atomic E-state index is 0.0487. The number of alkyl halides is 1. The number of halogens is 1. The topological polar surface area (TPSA) is 171 Å². The van der Waals surface area contributed by atoms with Gasteiger partial charge in [0.15, 0.2) is 0 Å². The molecule has 0 spiro atoms. The molecule has 14 rings (SSSR count). The molecule has 7 aliphatic heterocycles. The van der Waals surface area contributed by atoms with Crippen LogP contribution in [0, 0.1) is 17.3 Å². The Hall–Kier alpha value is -4.60. The van der Waals surface area contributed by atoms with E-state index in [1.807, 2.05) is 25.4 Å². The third-order valence-corrected chi connectivity index (χ3v) is 18.7. The fraction of sp³-hybridized carbons (Fsp3) is 0.667. The van der Waals surface area contributed by atoms with Crippen LogP contribution in [0.5, 0.6) is 0 Å². The Morgan fingerprint density at radius 2 is 1.79 bits per heavy atom. The summed E-state index contributed by atoms with van der Waals surface area (Å²) in [5.41, 5.74) is 9.02. The molecule has 2 N–H and O–H groups in total. The molecule has 3 aliphatic carbocycles. The predicted molar refractivity (Wildman–Crippen MR) is 284 cm³/mol. The zero-order valence-corrected chi connectivity index (χ0v) is 45.7. The lowest BCUT2D eigenvalue weighted by molar-refractivity contribution is -0.174. The van der Waals surface area contributed by atoms with Crippen molar-refractivity contribution in [1.82, 2.24) is 35.2 Å². The Kier molecular flexibility index (Phi) is 14.3. The minimum Gasteiger partial charge on any atom is -0.464 e. The number of fused-ring (bicyclic) bond motifs is 5. The summed E-state index contributed by atoms with van der Waals surface area (Å²) >= 11 is 1.30. The van der Waals surface area contributed by atoms with Gasteiger partial charge in [0.25, 0.3) is 11.8 Å². The summed E-state index contributed by atoms with van der Waals surface area (Å²) in [7, 11) is 1.72. The number of aromatic nitrogens is 3. The number of cyclic esters (lactones) is 1. The standard InChI is InChI=1S/C57H75FN8O9S/c1-32(58)29-73-51-49(61-55(69)57-25-37(26-57)33(2)75-57)53(67)66-39-21-36(22-39)48(62-66)54(68)74-31-56(4,5)27-44-42-23-35(45-30-76-52(51)60-45)7-10-46(42)65(17-20-72-41-11-18-71-19-12-41)50(44)43-24-40(28-59-47(43)34(3)70-6)64-15-13-63(14-16-64)38-8-9-38/h7,10,23-24,28,30,32-34,36-39,41,48-49,51,62H,8-9,11-22,25-27,29,31H2,1-6H3,(H,61,69)/t32-,33+,34+,36?,37?,39?,48+,49+,51+,57?/m1/s1. The van der Waals surface area contributed by atoms with E-state index in [4.69, 9.17) is 38.4 Å². The van der Waals surface area contributed by atoms with Gasteiger partial charge in [-0.2, -0.15) is 0 Å². The molecule has 3 saturated carbocycles. The van der Waals surface area contributed by atoms with Gasteiger partial charge in [0.1, 0.15) is 35.0 Å². The molecule has 10 aliphatic rings. The van der Waals surface area contributed by atoms with Crippen LogP contribution in [0.3, 0.4) is 0 Å².